The molecule has 0 aliphatic rings. The minimum atomic E-state index is -0.127. The molecule has 0 atom stereocenters. The Morgan fingerprint density at radius 2 is 1.52 bits per heavy atom. The monoisotopic (exact) mass is 570 g/mol. The minimum Gasteiger partial charge on any atom is -0.497 e. The van der Waals surface area contributed by atoms with Gasteiger partial charge in [0, 0.05) is 32.2 Å². The van der Waals surface area contributed by atoms with E-state index in [9.17, 15) is 4.79 Å². The van der Waals surface area contributed by atoms with Crippen molar-refractivity contribution >= 4 is 35.8 Å². The quantitative estimate of drug-likeness (QED) is 0.157. The average Bonchev–Trinajstić information content (AvgIpc) is 2.82. The summed E-state index contributed by atoms with van der Waals surface area (Å²) in [6, 6.07) is 13.0. The van der Waals surface area contributed by atoms with Crippen molar-refractivity contribution in [3.63, 3.8) is 0 Å². The van der Waals surface area contributed by atoms with Crippen molar-refractivity contribution in [2.45, 2.75) is 20.3 Å². The van der Waals surface area contributed by atoms with E-state index in [-0.39, 0.29) is 29.9 Å². The fourth-order valence-corrected chi connectivity index (χ4v) is 3.00. The molecule has 0 heterocycles. The van der Waals surface area contributed by atoms with Gasteiger partial charge in [-0.3, -0.25) is 9.79 Å². The molecule has 1 amide bonds. The number of carbonyl (C=O) groups excluding carboxylic acids is 1. The largest absolute Gasteiger partial charge is 0.497 e. The van der Waals surface area contributed by atoms with E-state index in [2.05, 4.69) is 20.9 Å². The number of halogens is 1. The Bertz CT molecular complexity index is 875. The zero-order valence-corrected chi connectivity index (χ0v) is 22.1. The van der Waals surface area contributed by atoms with Crippen molar-refractivity contribution in [1.82, 2.24) is 16.0 Å². The van der Waals surface area contributed by atoms with Crippen molar-refractivity contribution < 1.29 is 19.0 Å². The van der Waals surface area contributed by atoms with E-state index < -0.39 is 0 Å². The first kappa shape index (κ1) is 28.3. The van der Waals surface area contributed by atoms with Crippen molar-refractivity contribution in [2.24, 2.45) is 4.99 Å². The molecular weight excluding hydrogens is 535 g/mol. The van der Waals surface area contributed by atoms with Crippen LogP contribution in [0.3, 0.4) is 0 Å². The molecule has 0 aromatic heterocycles. The summed E-state index contributed by atoms with van der Waals surface area (Å²) in [5.74, 6) is 2.80. The molecular formula is C24H35IN4O4. The normalized spacial score (nSPS) is 10.6. The lowest BCUT2D eigenvalue weighted by Crippen LogP contribution is -2.42. The van der Waals surface area contributed by atoms with Gasteiger partial charge in [-0.25, -0.2) is 0 Å². The second kappa shape index (κ2) is 16.0. The van der Waals surface area contributed by atoms with Crippen molar-refractivity contribution in [3.05, 3.63) is 53.6 Å². The first-order valence-corrected chi connectivity index (χ1v) is 10.9. The molecule has 0 saturated heterocycles. The predicted octanol–water partition coefficient (Wildman–Crippen LogP) is 3.25. The number of ether oxygens (including phenoxy) is 3. The molecule has 0 aliphatic carbocycles. The highest BCUT2D eigenvalue weighted by Crippen LogP contribution is 2.28. The number of benzene rings is 2. The molecule has 182 valence electrons. The Kier molecular flexibility index (Phi) is 13.7. The Morgan fingerprint density at radius 3 is 2.15 bits per heavy atom. The van der Waals surface area contributed by atoms with Crippen LogP contribution >= 0.6 is 24.0 Å². The fraction of sp³-hybridized carbons (Fsp3) is 0.417. The van der Waals surface area contributed by atoms with E-state index in [1.165, 1.54) is 0 Å². The molecule has 2 rings (SSSR count). The molecule has 0 fully saturated rings. The molecule has 2 aromatic carbocycles. The van der Waals surface area contributed by atoms with E-state index in [0.29, 0.717) is 44.4 Å². The molecule has 8 nitrogen and oxygen atoms in total. The third-order valence-corrected chi connectivity index (χ3v) is 4.59. The van der Waals surface area contributed by atoms with Crippen molar-refractivity contribution in [2.75, 3.05) is 47.0 Å². The lowest BCUT2D eigenvalue weighted by molar-refractivity contribution is 0.0954. The van der Waals surface area contributed by atoms with Gasteiger partial charge in [0.2, 0.25) is 0 Å². The zero-order chi connectivity index (χ0) is 23.2. The van der Waals surface area contributed by atoms with Crippen LogP contribution in [-0.4, -0.2) is 58.9 Å². The maximum atomic E-state index is 12.2. The smallest absolute Gasteiger partial charge is 0.251 e. The molecule has 2 aromatic rings. The van der Waals surface area contributed by atoms with Crippen LogP contribution in [0.1, 0.15) is 29.8 Å². The van der Waals surface area contributed by atoms with Crippen LogP contribution in [0.4, 0.5) is 0 Å². The maximum Gasteiger partial charge on any atom is 0.251 e. The van der Waals surface area contributed by atoms with Crippen LogP contribution in [0.15, 0.2) is 47.5 Å². The standard InChI is InChI=1S/C24H34N4O4.HI/c1-5-31-21-12-7-18(17-22(21)32-6-2)13-14-27-24(25-3)28-16-15-26-23(29)19-8-10-20(30-4)11-9-19;/h7-12,17H,5-6,13-16H2,1-4H3,(H,26,29)(H2,25,27,28);1H. The fourth-order valence-electron chi connectivity index (χ4n) is 3.00. The van der Waals surface area contributed by atoms with Gasteiger partial charge >= 0.3 is 0 Å². The number of hydrogen-bond donors (Lipinski definition) is 3. The summed E-state index contributed by atoms with van der Waals surface area (Å²) in [4.78, 5) is 16.4. The number of aliphatic imine (C=N–C) groups is 1. The molecule has 0 spiro atoms. The Morgan fingerprint density at radius 1 is 0.879 bits per heavy atom. The Balaban J connectivity index is 0.00000544. The van der Waals surface area contributed by atoms with Gasteiger partial charge in [-0.05, 0) is 62.2 Å². The molecule has 0 radical (unpaired) electrons. The number of nitrogens with one attached hydrogen (secondary N) is 3. The molecule has 3 N–H and O–H groups in total. The minimum absolute atomic E-state index is 0. The summed E-state index contributed by atoms with van der Waals surface area (Å²) in [5, 5.41) is 9.36. The topological polar surface area (TPSA) is 93.2 Å². The van der Waals surface area contributed by atoms with Gasteiger partial charge in [-0.15, -0.1) is 24.0 Å². The summed E-state index contributed by atoms with van der Waals surface area (Å²) >= 11 is 0. The van der Waals surface area contributed by atoms with Crippen LogP contribution in [0.25, 0.3) is 0 Å². The van der Waals surface area contributed by atoms with E-state index in [1.54, 1.807) is 38.4 Å². The van der Waals surface area contributed by atoms with Crippen LogP contribution in [0.5, 0.6) is 17.2 Å². The van der Waals surface area contributed by atoms with Crippen molar-refractivity contribution in [1.29, 1.82) is 0 Å². The van der Waals surface area contributed by atoms with Crippen LogP contribution < -0.4 is 30.2 Å². The molecule has 0 aliphatic heterocycles. The first-order chi connectivity index (χ1) is 15.6. The third-order valence-electron chi connectivity index (χ3n) is 4.59. The van der Waals surface area contributed by atoms with Crippen LogP contribution in [-0.2, 0) is 6.42 Å². The lowest BCUT2D eigenvalue weighted by Gasteiger charge is -2.14. The van der Waals surface area contributed by atoms with Gasteiger partial charge in [-0.1, -0.05) is 6.07 Å². The SMILES string of the molecule is CCOc1ccc(CCNC(=NC)NCCNC(=O)c2ccc(OC)cc2)cc1OCC.I. The van der Waals surface area contributed by atoms with Gasteiger partial charge in [0.1, 0.15) is 5.75 Å². The van der Waals surface area contributed by atoms with Gasteiger partial charge in [0.15, 0.2) is 17.5 Å². The Hall–Kier alpha value is -2.69. The zero-order valence-electron chi connectivity index (χ0n) is 19.8. The summed E-state index contributed by atoms with van der Waals surface area (Å²) in [5.41, 5.74) is 1.74. The van der Waals surface area contributed by atoms with E-state index >= 15 is 0 Å². The number of amides is 1. The Labute approximate surface area is 213 Å². The number of methoxy groups -OCH3 is 1. The summed E-state index contributed by atoms with van der Waals surface area (Å²) < 4.78 is 16.4. The lowest BCUT2D eigenvalue weighted by atomic mass is 10.1. The number of guanidine groups is 1. The maximum absolute atomic E-state index is 12.2. The molecule has 0 unspecified atom stereocenters. The second-order valence-electron chi connectivity index (χ2n) is 6.81. The second-order valence-corrected chi connectivity index (χ2v) is 6.81. The highest BCUT2D eigenvalue weighted by atomic mass is 127. The number of rotatable bonds is 12. The van der Waals surface area contributed by atoms with Gasteiger partial charge in [0.05, 0.1) is 20.3 Å². The number of carbonyl (C=O) groups is 1. The summed E-state index contributed by atoms with van der Waals surface area (Å²) in [6.45, 7) is 6.84. The third kappa shape index (κ3) is 9.77. The highest BCUT2D eigenvalue weighted by Gasteiger charge is 2.07. The van der Waals surface area contributed by atoms with Gasteiger partial charge in [-0.2, -0.15) is 0 Å². The van der Waals surface area contributed by atoms with Gasteiger partial charge in [0.25, 0.3) is 5.91 Å². The van der Waals surface area contributed by atoms with E-state index in [0.717, 1.165) is 29.2 Å². The van der Waals surface area contributed by atoms with Crippen LogP contribution in [0.2, 0.25) is 0 Å². The van der Waals surface area contributed by atoms with E-state index in [1.807, 2.05) is 32.0 Å². The average molecular weight is 570 g/mol. The molecule has 9 heteroatoms. The first-order valence-electron chi connectivity index (χ1n) is 10.9. The molecule has 0 saturated carbocycles. The predicted molar refractivity (Wildman–Crippen MR) is 143 cm³/mol. The molecule has 0 bridgehead atoms. The highest BCUT2D eigenvalue weighted by molar-refractivity contribution is 14.0. The van der Waals surface area contributed by atoms with Gasteiger partial charge < -0.3 is 30.2 Å². The number of nitrogens with zero attached hydrogens (tertiary/aromatic N) is 1. The number of hydrogen-bond acceptors (Lipinski definition) is 5. The van der Waals surface area contributed by atoms with Crippen LogP contribution in [0, 0.1) is 0 Å². The summed E-state index contributed by atoms with van der Waals surface area (Å²) in [6.07, 6.45) is 0.807. The summed E-state index contributed by atoms with van der Waals surface area (Å²) in [7, 11) is 3.31. The van der Waals surface area contributed by atoms with Crippen molar-refractivity contribution in [3.8, 4) is 17.2 Å². The molecule has 33 heavy (non-hydrogen) atoms. The van der Waals surface area contributed by atoms with E-state index in [4.69, 9.17) is 14.2 Å².